The van der Waals surface area contributed by atoms with Gasteiger partial charge in [0, 0.05) is 0 Å². The van der Waals surface area contributed by atoms with Gasteiger partial charge in [-0.3, -0.25) is 9.59 Å². The molecule has 0 heterocycles. The van der Waals surface area contributed by atoms with Crippen LogP contribution in [-0.2, 0) is 19.4 Å². The van der Waals surface area contributed by atoms with Crippen molar-refractivity contribution in [3.63, 3.8) is 0 Å². The van der Waals surface area contributed by atoms with Gasteiger partial charge < -0.3 is 10.2 Å². The molecule has 0 aromatic carbocycles. The van der Waals surface area contributed by atoms with E-state index in [9.17, 15) is 18.0 Å². The number of sulfone groups is 1. The molecular weight excluding hydrogens is 224 g/mol. The highest BCUT2D eigenvalue weighted by Crippen LogP contribution is 2.18. The molecule has 0 radical (unpaired) electrons. The van der Waals surface area contributed by atoms with Gasteiger partial charge in [-0.25, -0.2) is 8.42 Å². The fourth-order valence-corrected chi connectivity index (χ4v) is 2.93. The van der Waals surface area contributed by atoms with Crippen molar-refractivity contribution >= 4 is 21.8 Å². The van der Waals surface area contributed by atoms with E-state index in [-0.39, 0.29) is 0 Å². The Morgan fingerprint density at radius 1 is 1.00 bits per heavy atom. The van der Waals surface area contributed by atoms with E-state index in [0.29, 0.717) is 0 Å². The fourth-order valence-electron chi connectivity index (χ4n) is 1.17. The summed E-state index contributed by atoms with van der Waals surface area (Å²) in [7, 11) is -4.20. The van der Waals surface area contributed by atoms with Gasteiger partial charge in [0.1, 0.15) is 0 Å². The SMILES string of the molecule is CC(C)C(C(=O)O)S(=O)(=O)C(C)C(=O)O. The molecule has 0 aliphatic heterocycles. The molecule has 0 aliphatic carbocycles. The van der Waals surface area contributed by atoms with Crippen LogP contribution >= 0.6 is 0 Å². The summed E-state index contributed by atoms with van der Waals surface area (Å²) in [5, 5.41) is 13.9. The Kier molecular flexibility index (Phi) is 4.27. The maximum Gasteiger partial charge on any atom is 0.322 e. The first-order chi connectivity index (χ1) is 6.62. The Bertz CT molecular complexity index is 355. The maximum absolute atomic E-state index is 11.6. The molecule has 0 aromatic rings. The second-order valence-electron chi connectivity index (χ2n) is 3.57. The van der Waals surface area contributed by atoms with Crippen LogP contribution in [0.5, 0.6) is 0 Å². The van der Waals surface area contributed by atoms with Gasteiger partial charge in [0.05, 0.1) is 0 Å². The second kappa shape index (κ2) is 4.61. The summed E-state index contributed by atoms with van der Waals surface area (Å²) in [5.74, 6) is -3.73. The monoisotopic (exact) mass is 238 g/mol. The third-order valence-corrected chi connectivity index (χ3v) is 4.68. The van der Waals surface area contributed by atoms with Crippen LogP contribution in [0.3, 0.4) is 0 Å². The summed E-state index contributed by atoms with van der Waals surface area (Å²) < 4.78 is 23.2. The summed E-state index contributed by atoms with van der Waals surface area (Å²) in [6.07, 6.45) is 0. The van der Waals surface area contributed by atoms with Crippen molar-refractivity contribution in [1.29, 1.82) is 0 Å². The van der Waals surface area contributed by atoms with Crippen LogP contribution in [0.4, 0.5) is 0 Å². The van der Waals surface area contributed by atoms with Crippen molar-refractivity contribution in [3.8, 4) is 0 Å². The van der Waals surface area contributed by atoms with Gasteiger partial charge in [0.25, 0.3) is 0 Å². The minimum atomic E-state index is -4.20. The maximum atomic E-state index is 11.6. The highest BCUT2D eigenvalue weighted by atomic mass is 32.2. The summed E-state index contributed by atoms with van der Waals surface area (Å²) in [6, 6.07) is 0. The Morgan fingerprint density at radius 3 is 1.60 bits per heavy atom. The van der Waals surface area contributed by atoms with Crippen molar-refractivity contribution in [3.05, 3.63) is 0 Å². The van der Waals surface area contributed by atoms with E-state index in [1.807, 2.05) is 0 Å². The van der Waals surface area contributed by atoms with Crippen LogP contribution in [-0.4, -0.2) is 41.1 Å². The van der Waals surface area contributed by atoms with Crippen molar-refractivity contribution in [1.82, 2.24) is 0 Å². The van der Waals surface area contributed by atoms with Crippen LogP contribution in [0, 0.1) is 5.92 Å². The number of carboxylic acids is 2. The Labute approximate surface area is 87.8 Å². The first kappa shape index (κ1) is 13.9. The lowest BCUT2D eigenvalue weighted by Gasteiger charge is -2.19. The fraction of sp³-hybridized carbons (Fsp3) is 0.750. The van der Waals surface area contributed by atoms with E-state index in [1.165, 1.54) is 13.8 Å². The van der Waals surface area contributed by atoms with E-state index in [4.69, 9.17) is 10.2 Å². The molecule has 0 fully saturated rings. The molecule has 0 saturated heterocycles. The molecule has 7 heteroatoms. The minimum absolute atomic E-state index is 0.672. The zero-order valence-electron chi connectivity index (χ0n) is 8.67. The largest absolute Gasteiger partial charge is 0.480 e. The molecular formula is C8H14O6S. The number of hydrogen-bond acceptors (Lipinski definition) is 4. The summed E-state index contributed by atoms with van der Waals surface area (Å²) in [5.41, 5.74) is 0. The van der Waals surface area contributed by atoms with Gasteiger partial charge in [-0.15, -0.1) is 0 Å². The van der Waals surface area contributed by atoms with Gasteiger partial charge in [0.2, 0.25) is 0 Å². The molecule has 2 atom stereocenters. The molecule has 2 N–H and O–H groups in total. The number of carbonyl (C=O) groups is 2. The highest BCUT2D eigenvalue weighted by Gasteiger charge is 2.41. The van der Waals surface area contributed by atoms with Crippen LogP contribution < -0.4 is 0 Å². The first-order valence-electron chi connectivity index (χ1n) is 4.30. The number of rotatable bonds is 5. The van der Waals surface area contributed by atoms with Crippen LogP contribution in [0.2, 0.25) is 0 Å². The van der Waals surface area contributed by atoms with E-state index < -0.39 is 38.2 Å². The molecule has 0 amide bonds. The van der Waals surface area contributed by atoms with Gasteiger partial charge >= 0.3 is 11.9 Å². The average molecular weight is 238 g/mol. The third-order valence-electron chi connectivity index (χ3n) is 2.04. The van der Waals surface area contributed by atoms with Gasteiger partial charge in [-0.05, 0) is 12.8 Å². The van der Waals surface area contributed by atoms with Crippen molar-refractivity contribution < 1.29 is 28.2 Å². The van der Waals surface area contributed by atoms with Gasteiger partial charge in [-0.2, -0.15) is 0 Å². The van der Waals surface area contributed by atoms with Crippen LogP contribution in [0.1, 0.15) is 20.8 Å². The zero-order chi connectivity index (χ0) is 12.4. The second-order valence-corrected chi connectivity index (χ2v) is 5.97. The molecule has 0 rings (SSSR count). The number of hydrogen-bond donors (Lipinski definition) is 2. The normalized spacial score (nSPS) is 16.0. The lowest BCUT2D eigenvalue weighted by molar-refractivity contribution is -0.137. The zero-order valence-corrected chi connectivity index (χ0v) is 9.48. The van der Waals surface area contributed by atoms with E-state index in [1.54, 1.807) is 0 Å². The van der Waals surface area contributed by atoms with E-state index >= 15 is 0 Å². The van der Waals surface area contributed by atoms with Crippen molar-refractivity contribution in [2.75, 3.05) is 0 Å². The summed E-state index contributed by atoms with van der Waals surface area (Å²) in [6.45, 7) is 3.81. The van der Waals surface area contributed by atoms with Crippen LogP contribution in [0.15, 0.2) is 0 Å². The number of carboxylic acid groups (broad SMARTS) is 2. The summed E-state index contributed by atoms with van der Waals surface area (Å²) in [4.78, 5) is 21.3. The standard InChI is InChI=1S/C8H14O6S/c1-4(2)6(8(11)12)15(13,14)5(3)7(9)10/h4-6H,1-3H3,(H,9,10)(H,11,12). The van der Waals surface area contributed by atoms with Crippen molar-refractivity contribution in [2.45, 2.75) is 31.3 Å². The molecule has 0 aliphatic rings. The molecule has 15 heavy (non-hydrogen) atoms. The molecule has 0 spiro atoms. The molecule has 6 nitrogen and oxygen atoms in total. The first-order valence-corrected chi connectivity index (χ1v) is 5.91. The van der Waals surface area contributed by atoms with Crippen molar-refractivity contribution in [2.24, 2.45) is 5.92 Å². The predicted molar refractivity (Wildman–Crippen MR) is 52.3 cm³/mol. The average Bonchev–Trinajstić information content (AvgIpc) is 1.99. The lowest BCUT2D eigenvalue weighted by atomic mass is 10.1. The molecule has 2 unspecified atom stereocenters. The van der Waals surface area contributed by atoms with Gasteiger partial charge in [-0.1, -0.05) is 13.8 Å². The molecule has 0 bridgehead atoms. The van der Waals surface area contributed by atoms with E-state index in [0.717, 1.165) is 6.92 Å². The quantitative estimate of drug-likeness (QED) is 0.697. The molecule has 88 valence electrons. The Hall–Kier alpha value is -1.11. The smallest absolute Gasteiger partial charge is 0.322 e. The topological polar surface area (TPSA) is 109 Å². The lowest BCUT2D eigenvalue weighted by Crippen LogP contribution is -2.43. The summed E-state index contributed by atoms with van der Waals surface area (Å²) >= 11 is 0. The predicted octanol–water partition coefficient (Wildman–Crippen LogP) is -0.0165. The molecule has 0 saturated carbocycles. The third kappa shape index (κ3) is 2.92. The Morgan fingerprint density at radius 2 is 1.40 bits per heavy atom. The van der Waals surface area contributed by atoms with E-state index in [2.05, 4.69) is 0 Å². The number of aliphatic carboxylic acids is 2. The van der Waals surface area contributed by atoms with Gasteiger partial charge in [0.15, 0.2) is 20.3 Å². The highest BCUT2D eigenvalue weighted by molar-refractivity contribution is 7.94. The minimum Gasteiger partial charge on any atom is -0.480 e. The Balaban J connectivity index is 5.33. The van der Waals surface area contributed by atoms with Crippen LogP contribution in [0.25, 0.3) is 0 Å². The molecule has 0 aromatic heterocycles.